The molecule has 144 valence electrons. The Hall–Kier alpha value is -2.87. The molecule has 0 aliphatic rings. The molecule has 0 amide bonds. The van der Waals surface area contributed by atoms with E-state index in [9.17, 15) is 18.0 Å². The molecule has 0 saturated carbocycles. The highest BCUT2D eigenvalue weighted by Gasteiger charge is 2.38. The van der Waals surface area contributed by atoms with Gasteiger partial charge in [0.2, 0.25) is 0 Å². The summed E-state index contributed by atoms with van der Waals surface area (Å²) in [7, 11) is 0. The first-order valence-corrected chi connectivity index (χ1v) is 7.77. The number of rotatable bonds is 5. The fraction of sp³-hybridized carbons (Fsp3) is 0.167. The second kappa shape index (κ2) is 9.72. The first kappa shape index (κ1) is 22.2. The van der Waals surface area contributed by atoms with E-state index in [-0.39, 0.29) is 12.0 Å². The molecule has 0 fully saturated rings. The van der Waals surface area contributed by atoms with Crippen molar-refractivity contribution in [3.05, 3.63) is 76.6 Å². The standard InChI is InChI=1S/C16H14ClNO2.C2HF3O2/c1-11(16(19)20)9-14-3-2-4-15(18-14)10-12-5-7-13(17)8-6-12;3-2(4,5)1(6)7/h2-8H,1,9-10H2,(H,19,20);(H,6,7). The Balaban J connectivity index is 0.000000445. The maximum absolute atomic E-state index is 10.8. The first-order valence-electron chi connectivity index (χ1n) is 7.39. The van der Waals surface area contributed by atoms with E-state index in [4.69, 9.17) is 26.6 Å². The lowest BCUT2D eigenvalue weighted by Crippen LogP contribution is -2.21. The third-order valence-electron chi connectivity index (χ3n) is 3.10. The van der Waals surface area contributed by atoms with Crippen LogP contribution in [0.2, 0.25) is 5.02 Å². The van der Waals surface area contributed by atoms with Gasteiger partial charge in [0.15, 0.2) is 0 Å². The molecular weight excluding hydrogens is 387 g/mol. The van der Waals surface area contributed by atoms with Crippen molar-refractivity contribution in [2.45, 2.75) is 19.0 Å². The van der Waals surface area contributed by atoms with Crippen LogP contribution in [0.25, 0.3) is 0 Å². The van der Waals surface area contributed by atoms with E-state index < -0.39 is 18.1 Å². The lowest BCUT2D eigenvalue weighted by Gasteiger charge is -2.05. The molecule has 0 unspecified atom stereocenters. The maximum Gasteiger partial charge on any atom is 0.490 e. The Bertz CT molecular complexity index is 820. The topological polar surface area (TPSA) is 87.5 Å². The number of aliphatic carboxylic acids is 2. The third kappa shape index (κ3) is 8.37. The molecule has 2 rings (SSSR count). The van der Waals surface area contributed by atoms with E-state index in [1.54, 1.807) is 6.07 Å². The minimum Gasteiger partial charge on any atom is -0.478 e. The van der Waals surface area contributed by atoms with Crippen molar-refractivity contribution in [3.8, 4) is 0 Å². The SMILES string of the molecule is C=C(Cc1cccc(Cc2ccc(Cl)cc2)n1)C(=O)O.O=C(O)C(F)(F)F. The molecule has 0 aliphatic carbocycles. The first-order chi connectivity index (χ1) is 12.5. The van der Waals surface area contributed by atoms with E-state index >= 15 is 0 Å². The molecule has 2 N–H and O–H groups in total. The molecule has 0 spiro atoms. The van der Waals surface area contributed by atoms with Crippen molar-refractivity contribution < 1.29 is 33.0 Å². The Morgan fingerprint density at radius 3 is 2.04 bits per heavy atom. The summed E-state index contributed by atoms with van der Waals surface area (Å²) in [6.07, 6.45) is -4.14. The quantitative estimate of drug-likeness (QED) is 0.735. The minimum atomic E-state index is -5.08. The highest BCUT2D eigenvalue weighted by Crippen LogP contribution is 2.14. The van der Waals surface area contributed by atoms with Gasteiger partial charge in [-0.2, -0.15) is 13.2 Å². The van der Waals surface area contributed by atoms with Gasteiger partial charge in [0, 0.05) is 34.8 Å². The Labute approximate surface area is 157 Å². The predicted molar refractivity (Wildman–Crippen MR) is 92.7 cm³/mol. The molecule has 1 heterocycles. The number of pyridine rings is 1. The number of aromatic nitrogens is 1. The summed E-state index contributed by atoms with van der Waals surface area (Å²) in [5.41, 5.74) is 2.85. The van der Waals surface area contributed by atoms with E-state index in [2.05, 4.69) is 11.6 Å². The van der Waals surface area contributed by atoms with Crippen molar-refractivity contribution in [1.82, 2.24) is 4.98 Å². The van der Waals surface area contributed by atoms with Crippen molar-refractivity contribution in [2.75, 3.05) is 0 Å². The van der Waals surface area contributed by atoms with Crippen LogP contribution in [0.3, 0.4) is 0 Å². The molecule has 0 atom stereocenters. The lowest BCUT2D eigenvalue weighted by atomic mass is 10.1. The molecule has 0 aliphatic heterocycles. The van der Waals surface area contributed by atoms with Crippen LogP contribution in [0, 0.1) is 0 Å². The van der Waals surface area contributed by atoms with Crippen LogP contribution < -0.4 is 0 Å². The van der Waals surface area contributed by atoms with Crippen molar-refractivity contribution in [3.63, 3.8) is 0 Å². The Kier molecular flexibility index (Phi) is 7.99. The van der Waals surface area contributed by atoms with Gasteiger partial charge in [-0.3, -0.25) is 4.98 Å². The normalized spacial score (nSPS) is 10.5. The van der Waals surface area contributed by atoms with Crippen LogP contribution in [-0.4, -0.2) is 33.3 Å². The smallest absolute Gasteiger partial charge is 0.478 e. The number of carbonyl (C=O) groups is 2. The second-order valence-electron chi connectivity index (χ2n) is 5.31. The van der Waals surface area contributed by atoms with Crippen LogP contribution in [0.15, 0.2) is 54.6 Å². The van der Waals surface area contributed by atoms with Gasteiger partial charge in [-0.15, -0.1) is 0 Å². The average molecular weight is 402 g/mol. The van der Waals surface area contributed by atoms with Gasteiger partial charge in [0.25, 0.3) is 0 Å². The zero-order valence-corrected chi connectivity index (χ0v) is 14.6. The molecule has 1 aromatic carbocycles. The van der Waals surface area contributed by atoms with Crippen molar-refractivity contribution in [2.24, 2.45) is 0 Å². The fourth-order valence-corrected chi connectivity index (χ4v) is 1.96. The summed E-state index contributed by atoms with van der Waals surface area (Å²) < 4.78 is 31.7. The summed E-state index contributed by atoms with van der Waals surface area (Å²) >= 11 is 5.85. The molecular formula is C18H15ClF3NO4. The number of halogens is 4. The summed E-state index contributed by atoms with van der Waals surface area (Å²) in [6.45, 7) is 3.52. The van der Waals surface area contributed by atoms with Crippen LogP contribution in [0.1, 0.15) is 17.0 Å². The van der Waals surface area contributed by atoms with Gasteiger partial charge < -0.3 is 10.2 Å². The lowest BCUT2D eigenvalue weighted by molar-refractivity contribution is -0.192. The van der Waals surface area contributed by atoms with Crippen LogP contribution in [-0.2, 0) is 22.4 Å². The zero-order chi connectivity index (χ0) is 20.6. The zero-order valence-electron chi connectivity index (χ0n) is 13.8. The van der Waals surface area contributed by atoms with E-state index in [1.807, 2.05) is 36.4 Å². The summed E-state index contributed by atoms with van der Waals surface area (Å²) in [6, 6.07) is 13.2. The van der Waals surface area contributed by atoms with Crippen molar-refractivity contribution >= 4 is 23.5 Å². The minimum absolute atomic E-state index is 0.140. The summed E-state index contributed by atoms with van der Waals surface area (Å²) in [4.78, 5) is 24.1. The number of benzene rings is 1. The highest BCUT2D eigenvalue weighted by molar-refractivity contribution is 6.30. The molecule has 9 heteroatoms. The molecule has 27 heavy (non-hydrogen) atoms. The number of nitrogens with zero attached hydrogens (tertiary/aromatic N) is 1. The maximum atomic E-state index is 10.8. The predicted octanol–water partition coefficient (Wildman–Crippen LogP) is 4.14. The molecule has 0 saturated heterocycles. The molecule has 0 bridgehead atoms. The number of alkyl halides is 3. The molecule has 0 radical (unpaired) electrons. The fourth-order valence-electron chi connectivity index (χ4n) is 1.83. The Morgan fingerprint density at radius 2 is 1.56 bits per heavy atom. The van der Waals surface area contributed by atoms with E-state index in [0.29, 0.717) is 17.1 Å². The number of carboxylic acids is 2. The van der Waals surface area contributed by atoms with Crippen LogP contribution in [0.4, 0.5) is 13.2 Å². The van der Waals surface area contributed by atoms with Gasteiger partial charge in [0.05, 0.1) is 0 Å². The van der Waals surface area contributed by atoms with Crippen molar-refractivity contribution in [1.29, 1.82) is 0 Å². The number of hydrogen-bond acceptors (Lipinski definition) is 3. The average Bonchev–Trinajstić information content (AvgIpc) is 2.57. The third-order valence-corrected chi connectivity index (χ3v) is 3.35. The van der Waals surface area contributed by atoms with E-state index in [1.165, 1.54) is 0 Å². The van der Waals surface area contributed by atoms with Crippen LogP contribution >= 0.6 is 11.6 Å². The van der Waals surface area contributed by atoms with Gasteiger partial charge in [-0.1, -0.05) is 36.4 Å². The van der Waals surface area contributed by atoms with Crippen LogP contribution in [0.5, 0.6) is 0 Å². The number of hydrogen-bond donors (Lipinski definition) is 2. The van der Waals surface area contributed by atoms with Gasteiger partial charge >= 0.3 is 18.1 Å². The Morgan fingerprint density at radius 1 is 1.04 bits per heavy atom. The molecule has 5 nitrogen and oxygen atoms in total. The molecule has 1 aromatic heterocycles. The highest BCUT2D eigenvalue weighted by atomic mass is 35.5. The monoisotopic (exact) mass is 401 g/mol. The largest absolute Gasteiger partial charge is 0.490 e. The van der Waals surface area contributed by atoms with E-state index in [0.717, 1.165) is 11.3 Å². The summed E-state index contributed by atoms with van der Waals surface area (Å²) in [5, 5.41) is 16.7. The van der Waals surface area contributed by atoms with Gasteiger partial charge in [-0.05, 0) is 29.8 Å². The van der Waals surface area contributed by atoms with Gasteiger partial charge in [0.1, 0.15) is 0 Å². The summed E-state index contributed by atoms with van der Waals surface area (Å²) in [5.74, 6) is -3.75. The number of carboxylic acid groups (broad SMARTS) is 2. The van der Waals surface area contributed by atoms with Gasteiger partial charge in [-0.25, -0.2) is 9.59 Å². The molecule has 2 aromatic rings. The second-order valence-corrected chi connectivity index (χ2v) is 5.75.